The first-order valence-corrected chi connectivity index (χ1v) is 8.43. The zero-order chi connectivity index (χ0) is 9.99. The first-order valence-electron chi connectivity index (χ1n) is 4.72. The highest BCUT2D eigenvalue weighted by Gasteiger charge is 2.33. The third-order valence-electron chi connectivity index (χ3n) is 2.55. The second-order valence-corrected chi connectivity index (χ2v) is 10.7. The van der Waals surface area contributed by atoms with Crippen molar-refractivity contribution in [2.75, 3.05) is 0 Å². The maximum atomic E-state index is 11.4. The molecule has 12 heavy (non-hydrogen) atoms. The normalized spacial score (nSPS) is 17.2. The van der Waals surface area contributed by atoms with Crippen molar-refractivity contribution in [1.29, 1.82) is 0 Å². The molecule has 0 bridgehead atoms. The molecular weight excluding hydrogens is 164 g/mol. The number of hydrogen-bond donors (Lipinski definition) is 0. The van der Waals surface area contributed by atoms with Gasteiger partial charge in [-0.2, -0.15) is 0 Å². The molecule has 0 aromatic carbocycles. The Kier molecular flexibility index (Phi) is 3.70. The van der Waals surface area contributed by atoms with Gasteiger partial charge in [-0.25, -0.2) is 0 Å². The first kappa shape index (κ1) is 11.9. The maximum absolute atomic E-state index is 11.4. The number of rotatable bonds is 4. The lowest BCUT2D eigenvalue weighted by Gasteiger charge is -2.31. The lowest BCUT2D eigenvalue weighted by Crippen LogP contribution is -2.34. The minimum Gasteiger partial charge on any atom is -0.299 e. The number of carbonyl (C=O) groups is 1. The van der Waals surface area contributed by atoms with Gasteiger partial charge in [-0.3, -0.25) is 4.79 Å². The van der Waals surface area contributed by atoms with Gasteiger partial charge >= 0.3 is 0 Å². The fourth-order valence-corrected chi connectivity index (χ4v) is 4.51. The van der Waals surface area contributed by atoms with Crippen LogP contribution >= 0.6 is 0 Å². The van der Waals surface area contributed by atoms with Crippen molar-refractivity contribution in [2.45, 2.75) is 52.9 Å². The molecule has 0 radical (unpaired) electrons. The molecule has 0 N–H and O–H groups in total. The molecule has 1 nitrogen and oxygen atoms in total. The van der Waals surface area contributed by atoms with Crippen LogP contribution in [0.1, 0.15) is 27.2 Å². The molecule has 0 aromatic heterocycles. The maximum Gasteiger partial charge on any atom is 0.135 e. The van der Waals surface area contributed by atoms with E-state index in [0.29, 0.717) is 5.78 Å². The molecule has 0 aromatic rings. The lowest BCUT2D eigenvalue weighted by atomic mass is 9.86. The van der Waals surface area contributed by atoms with E-state index in [1.807, 2.05) is 0 Å². The SMILES string of the molecule is CCC(C)(C[Si](C)(C)C)C(C)=O. The van der Waals surface area contributed by atoms with Crippen LogP contribution in [0.25, 0.3) is 0 Å². The minimum atomic E-state index is -1.10. The molecule has 0 saturated carbocycles. The molecule has 0 amide bonds. The first-order chi connectivity index (χ1) is 5.21. The van der Waals surface area contributed by atoms with Gasteiger partial charge in [0.05, 0.1) is 0 Å². The molecule has 0 aliphatic heterocycles. The van der Waals surface area contributed by atoms with E-state index in [1.165, 1.54) is 0 Å². The average molecular weight is 186 g/mol. The van der Waals surface area contributed by atoms with Crippen LogP contribution < -0.4 is 0 Å². The van der Waals surface area contributed by atoms with E-state index in [4.69, 9.17) is 0 Å². The predicted octanol–water partition coefficient (Wildman–Crippen LogP) is 3.33. The Hall–Kier alpha value is -0.113. The molecule has 0 fully saturated rings. The zero-order valence-corrected chi connectivity index (χ0v) is 10.3. The summed E-state index contributed by atoms with van der Waals surface area (Å²) in [6.45, 7) is 12.9. The second-order valence-electron chi connectivity index (χ2n) is 5.21. The molecule has 0 saturated heterocycles. The van der Waals surface area contributed by atoms with Crippen molar-refractivity contribution < 1.29 is 4.79 Å². The fraction of sp³-hybridized carbons (Fsp3) is 0.900. The van der Waals surface area contributed by atoms with E-state index < -0.39 is 8.07 Å². The Labute approximate surface area is 77.6 Å². The number of hydrogen-bond acceptors (Lipinski definition) is 1. The van der Waals surface area contributed by atoms with Gasteiger partial charge < -0.3 is 0 Å². The van der Waals surface area contributed by atoms with Crippen LogP contribution in [0.4, 0.5) is 0 Å². The molecule has 0 aliphatic carbocycles. The molecule has 0 heterocycles. The van der Waals surface area contributed by atoms with Crippen LogP contribution in [0.3, 0.4) is 0 Å². The van der Waals surface area contributed by atoms with E-state index in [1.54, 1.807) is 6.92 Å². The second kappa shape index (κ2) is 3.73. The summed E-state index contributed by atoms with van der Waals surface area (Å²) in [5, 5.41) is 0. The number of ketones is 1. The van der Waals surface area contributed by atoms with Gasteiger partial charge in [-0.15, -0.1) is 0 Å². The average Bonchev–Trinajstić information content (AvgIpc) is 1.83. The van der Waals surface area contributed by atoms with Gasteiger partial charge in [0.25, 0.3) is 0 Å². The summed E-state index contributed by atoms with van der Waals surface area (Å²) in [5.74, 6) is 0.354. The van der Waals surface area contributed by atoms with Gasteiger partial charge in [0, 0.05) is 13.5 Å². The summed E-state index contributed by atoms with van der Waals surface area (Å²) < 4.78 is 0. The lowest BCUT2D eigenvalue weighted by molar-refractivity contribution is -0.125. The molecule has 0 aliphatic rings. The summed E-state index contributed by atoms with van der Waals surface area (Å²) in [6, 6.07) is 1.12. The van der Waals surface area contributed by atoms with Crippen LogP contribution in [0, 0.1) is 5.41 Å². The Morgan fingerprint density at radius 3 is 1.83 bits per heavy atom. The van der Waals surface area contributed by atoms with E-state index in [2.05, 4.69) is 33.5 Å². The Morgan fingerprint density at radius 1 is 1.33 bits per heavy atom. The van der Waals surface area contributed by atoms with E-state index >= 15 is 0 Å². The summed E-state index contributed by atoms with van der Waals surface area (Å²) in [4.78, 5) is 11.4. The summed E-state index contributed by atoms with van der Waals surface area (Å²) in [7, 11) is -1.10. The van der Waals surface area contributed by atoms with Crippen LogP contribution in [0.15, 0.2) is 0 Å². The molecule has 1 atom stereocenters. The molecule has 1 unspecified atom stereocenters. The van der Waals surface area contributed by atoms with E-state index in [-0.39, 0.29) is 5.41 Å². The number of Topliss-reactive ketones (excluding diaryl/α,β-unsaturated/α-hetero) is 1. The van der Waals surface area contributed by atoms with Crippen molar-refractivity contribution in [1.82, 2.24) is 0 Å². The third-order valence-corrected chi connectivity index (χ3v) is 4.39. The summed E-state index contributed by atoms with van der Waals surface area (Å²) >= 11 is 0. The molecule has 2 heteroatoms. The topological polar surface area (TPSA) is 17.1 Å². The molecule has 0 rings (SSSR count). The van der Waals surface area contributed by atoms with Gasteiger partial charge in [0.1, 0.15) is 5.78 Å². The Bertz CT molecular complexity index is 169. The zero-order valence-electron chi connectivity index (χ0n) is 9.32. The molecular formula is C10H22OSi. The number of carbonyl (C=O) groups excluding carboxylic acids is 1. The largest absolute Gasteiger partial charge is 0.299 e. The summed E-state index contributed by atoms with van der Waals surface area (Å²) in [6.07, 6.45) is 0.979. The van der Waals surface area contributed by atoms with Gasteiger partial charge in [-0.1, -0.05) is 33.5 Å². The molecule has 0 spiro atoms. The molecule has 72 valence electrons. The smallest absolute Gasteiger partial charge is 0.135 e. The summed E-state index contributed by atoms with van der Waals surface area (Å²) in [5.41, 5.74) is -0.0511. The van der Waals surface area contributed by atoms with Crippen LogP contribution in [0.5, 0.6) is 0 Å². The van der Waals surface area contributed by atoms with Crippen molar-refractivity contribution in [2.24, 2.45) is 5.41 Å². The van der Waals surface area contributed by atoms with Crippen molar-refractivity contribution in [3.8, 4) is 0 Å². The van der Waals surface area contributed by atoms with Crippen LogP contribution in [0.2, 0.25) is 25.7 Å². The van der Waals surface area contributed by atoms with Gasteiger partial charge in [-0.05, 0) is 19.4 Å². The van der Waals surface area contributed by atoms with Crippen LogP contribution in [-0.4, -0.2) is 13.9 Å². The highest BCUT2D eigenvalue weighted by atomic mass is 28.3. The third kappa shape index (κ3) is 3.52. The van der Waals surface area contributed by atoms with Crippen molar-refractivity contribution >= 4 is 13.9 Å². The standard InChI is InChI=1S/C10H22OSi/c1-7-10(3,9(2)11)8-12(4,5)6/h7-8H2,1-6H3. The van der Waals surface area contributed by atoms with E-state index in [0.717, 1.165) is 12.5 Å². The van der Waals surface area contributed by atoms with Crippen molar-refractivity contribution in [3.63, 3.8) is 0 Å². The highest BCUT2D eigenvalue weighted by Crippen LogP contribution is 2.32. The Balaban J connectivity index is 4.46. The van der Waals surface area contributed by atoms with Gasteiger partial charge in [0.15, 0.2) is 0 Å². The van der Waals surface area contributed by atoms with E-state index in [9.17, 15) is 4.79 Å². The quantitative estimate of drug-likeness (QED) is 0.616. The Morgan fingerprint density at radius 2 is 1.75 bits per heavy atom. The van der Waals surface area contributed by atoms with Crippen molar-refractivity contribution in [3.05, 3.63) is 0 Å². The van der Waals surface area contributed by atoms with Crippen LogP contribution in [-0.2, 0) is 4.79 Å². The predicted molar refractivity (Wildman–Crippen MR) is 57.2 cm³/mol. The minimum absolute atomic E-state index is 0.0511. The monoisotopic (exact) mass is 186 g/mol. The fourth-order valence-electron chi connectivity index (χ4n) is 1.67. The van der Waals surface area contributed by atoms with Gasteiger partial charge in [0.2, 0.25) is 0 Å². The highest BCUT2D eigenvalue weighted by molar-refractivity contribution is 6.76.